The summed E-state index contributed by atoms with van der Waals surface area (Å²) in [5.74, 6) is -0.396. The van der Waals surface area contributed by atoms with Crippen LogP contribution in [0.5, 0.6) is 0 Å². The molecule has 2 atom stereocenters. The van der Waals surface area contributed by atoms with Crippen LogP contribution in [-0.2, 0) is 19.1 Å². The van der Waals surface area contributed by atoms with Gasteiger partial charge in [0.15, 0.2) is 0 Å². The van der Waals surface area contributed by atoms with Crippen molar-refractivity contribution in [2.24, 2.45) is 5.41 Å². The molecule has 0 aliphatic carbocycles. The van der Waals surface area contributed by atoms with Crippen LogP contribution >= 0.6 is 0 Å². The van der Waals surface area contributed by atoms with Crippen molar-refractivity contribution in [3.05, 3.63) is 0 Å². The number of carbonyl (C=O) groups excluding carboxylic acids is 3. The number of likely N-dealkylation sites (tertiary alicyclic amines) is 1. The Bertz CT molecular complexity index is 497. The molecule has 2 rings (SSSR count). The first-order valence-corrected chi connectivity index (χ1v) is 8.42. The van der Waals surface area contributed by atoms with Crippen molar-refractivity contribution in [1.82, 2.24) is 10.2 Å². The van der Waals surface area contributed by atoms with Gasteiger partial charge >= 0.3 is 5.97 Å². The second-order valence-electron chi connectivity index (χ2n) is 7.94. The summed E-state index contributed by atoms with van der Waals surface area (Å²) in [4.78, 5) is 38.4. The molecule has 2 aliphatic rings. The molecule has 0 aromatic rings. The normalized spacial score (nSPS) is 29.0. The van der Waals surface area contributed by atoms with Gasteiger partial charge < -0.3 is 15.0 Å². The van der Waals surface area contributed by atoms with Crippen molar-refractivity contribution in [3.63, 3.8) is 0 Å². The van der Waals surface area contributed by atoms with Gasteiger partial charge in [0.2, 0.25) is 11.8 Å². The average Bonchev–Trinajstić information content (AvgIpc) is 2.70. The number of nitrogens with zero attached hydrogens (tertiary/aromatic N) is 1. The molecule has 2 heterocycles. The molecule has 0 radical (unpaired) electrons. The Labute approximate surface area is 137 Å². The minimum Gasteiger partial charge on any atom is -0.459 e. The fraction of sp³-hybridized carbons (Fsp3) is 0.824. The fourth-order valence-corrected chi connectivity index (χ4v) is 3.10. The highest BCUT2D eigenvalue weighted by molar-refractivity contribution is 5.89. The van der Waals surface area contributed by atoms with Crippen LogP contribution in [-0.4, -0.2) is 47.4 Å². The van der Waals surface area contributed by atoms with Crippen LogP contribution in [0.15, 0.2) is 0 Å². The Hall–Kier alpha value is -1.59. The van der Waals surface area contributed by atoms with Gasteiger partial charge in [-0.3, -0.25) is 14.4 Å². The fourth-order valence-electron chi connectivity index (χ4n) is 3.10. The molecule has 6 heteroatoms. The van der Waals surface area contributed by atoms with Crippen LogP contribution in [0, 0.1) is 5.41 Å². The topological polar surface area (TPSA) is 75.7 Å². The predicted molar refractivity (Wildman–Crippen MR) is 85.5 cm³/mol. The molecule has 2 aliphatic heterocycles. The monoisotopic (exact) mass is 324 g/mol. The van der Waals surface area contributed by atoms with Crippen molar-refractivity contribution in [3.8, 4) is 0 Å². The van der Waals surface area contributed by atoms with Gasteiger partial charge in [0, 0.05) is 19.5 Å². The first-order chi connectivity index (χ1) is 10.6. The van der Waals surface area contributed by atoms with E-state index in [4.69, 9.17) is 4.74 Å². The molecule has 0 spiro atoms. The quantitative estimate of drug-likeness (QED) is 0.783. The van der Waals surface area contributed by atoms with Crippen molar-refractivity contribution in [2.45, 2.75) is 71.4 Å². The summed E-state index contributed by atoms with van der Waals surface area (Å²) in [7, 11) is 0. The average molecular weight is 324 g/mol. The number of hydrogen-bond donors (Lipinski definition) is 1. The second-order valence-corrected chi connectivity index (χ2v) is 7.94. The highest BCUT2D eigenvalue weighted by Crippen LogP contribution is 2.33. The van der Waals surface area contributed by atoms with Gasteiger partial charge in [-0.2, -0.15) is 0 Å². The first-order valence-electron chi connectivity index (χ1n) is 8.42. The molecule has 0 saturated carbocycles. The molecule has 2 fully saturated rings. The van der Waals surface area contributed by atoms with Gasteiger partial charge in [0.05, 0.1) is 5.41 Å². The van der Waals surface area contributed by atoms with Gasteiger partial charge in [-0.1, -0.05) is 6.42 Å². The van der Waals surface area contributed by atoms with Gasteiger partial charge in [-0.15, -0.1) is 0 Å². The Balaban J connectivity index is 1.99. The summed E-state index contributed by atoms with van der Waals surface area (Å²) < 4.78 is 5.49. The van der Waals surface area contributed by atoms with Crippen LogP contribution < -0.4 is 5.32 Å². The summed E-state index contributed by atoms with van der Waals surface area (Å²) in [5.41, 5.74) is -1.20. The van der Waals surface area contributed by atoms with Gasteiger partial charge in [0.25, 0.3) is 0 Å². The van der Waals surface area contributed by atoms with Crippen LogP contribution in [0.3, 0.4) is 0 Å². The van der Waals surface area contributed by atoms with Gasteiger partial charge in [-0.25, -0.2) is 0 Å². The Kier molecular flexibility index (Phi) is 5.01. The van der Waals surface area contributed by atoms with Crippen molar-refractivity contribution >= 4 is 17.8 Å². The van der Waals surface area contributed by atoms with Crippen LogP contribution in [0.2, 0.25) is 0 Å². The van der Waals surface area contributed by atoms with E-state index in [2.05, 4.69) is 5.32 Å². The molecule has 130 valence electrons. The minimum atomic E-state index is -0.669. The Morgan fingerprint density at radius 1 is 1.30 bits per heavy atom. The Morgan fingerprint density at radius 2 is 2.00 bits per heavy atom. The number of ether oxygens (including phenoxy) is 1. The molecule has 2 unspecified atom stereocenters. The lowest BCUT2D eigenvalue weighted by molar-refractivity contribution is -0.166. The number of amides is 2. The maximum atomic E-state index is 12.7. The third-order valence-electron chi connectivity index (χ3n) is 4.46. The third-order valence-corrected chi connectivity index (χ3v) is 4.46. The number of esters is 1. The van der Waals surface area contributed by atoms with Crippen molar-refractivity contribution in [2.75, 3.05) is 13.1 Å². The summed E-state index contributed by atoms with van der Waals surface area (Å²) in [6.45, 7) is 8.25. The van der Waals surface area contributed by atoms with Crippen LogP contribution in [0.4, 0.5) is 0 Å². The summed E-state index contributed by atoms with van der Waals surface area (Å²) in [6, 6.07) is -0.453. The van der Waals surface area contributed by atoms with Crippen molar-refractivity contribution < 1.29 is 19.1 Å². The zero-order valence-corrected chi connectivity index (χ0v) is 14.6. The van der Waals surface area contributed by atoms with Gasteiger partial charge in [-0.05, 0) is 47.0 Å². The SMILES string of the molecule is CC(C)(C)OC(=O)C1(C)CCN(C(=O)C2CCCCC(=O)N2)C1. The lowest BCUT2D eigenvalue weighted by Crippen LogP contribution is -2.48. The summed E-state index contributed by atoms with van der Waals surface area (Å²) in [5, 5.41) is 2.80. The highest BCUT2D eigenvalue weighted by atomic mass is 16.6. The number of carbonyl (C=O) groups is 3. The lowest BCUT2D eigenvalue weighted by Gasteiger charge is -2.29. The molecule has 0 aromatic heterocycles. The van der Waals surface area contributed by atoms with Crippen LogP contribution in [0.1, 0.15) is 59.8 Å². The molecular weight excluding hydrogens is 296 g/mol. The molecule has 23 heavy (non-hydrogen) atoms. The number of rotatable bonds is 2. The van der Waals surface area contributed by atoms with E-state index in [0.29, 0.717) is 32.4 Å². The Morgan fingerprint density at radius 3 is 2.65 bits per heavy atom. The standard InChI is InChI=1S/C17H28N2O4/c1-16(2,3)23-15(22)17(4)9-10-19(11-17)14(21)12-7-5-6-8-13(20)18-12/h12H,5-11H2,1-4H3,(H,18,20). The van der Waals surface area contributed by atoms with E-state index in [1.807, 2.05) is 27.7 Å². The molecule has 0 bridgehead atoms. The zero-order chi connectivity index (χ0) is 17.3. The van der Waals surface area contributed by atoms with Gasteiger partial charge in [0.1, 0.15) is 11.6 Å². The number of nitrogens with one attached hydrogen (secondary N) is 1. The molecule has 2 amide bonds. The largest absolute Gasteiger partial charge is 0.459 e. The smallest absolute Gasteiger partial charge is 0.314 e. The van der Waals surface area contributed by atoms with E-state index < -0.39 is 17.1 Å². The maximum absolute atomic E-state index is 12.7. The number of hydrogen-bond acceptors (Lipinski definition) is 4. The van der Waals surface area contributed by atoms with E-state index in [1.54, 1.807) is 4.90 Å². The van der Waals surface area contributed by atoms with E-state index >= 15 is 0 Å². The summed E-state index contributed by atoms with van der Waals surface area (Å²) >= 11 is 0. The lowest BCUT2D eigenvalue weighted by atomic mass is 9.90. The van der Waals surface area contributed by atoms with E-state index in [0.717, 1.165) is 12.8 Å². The van der Waals surface area contributed by atoms with Crippen molar-refractivity contribution in [1.29, 1.82) is 0 Å². The molecule has 2 saturated heterocycles. The van der Waals surface area contributed by atoms with E-state index in [-0.39, 0.29) is 17.8 Å². The minimum absolute atomic E-state index is 0.0602. The van der Waals surface area contributed by atoms with Crippen LogP contribution in [0.25, 0.3) is 0 Å². The highest BCUT2D eigenvalue weighted by Gasteiger charge is 2.45. The first kappa shape index (κ1) is 17.8. The molecular formula is C17H28N2O4. The molecule has 0 aromatic carbocycles. The zero-order valence-electron chi connectivity index (χ0n) is 14.6. The maximum Gasteiger partial charge on any atom is 0.314 e. The molecule has 1 N–H and O–H groups in total. The summed E-state index contributed by atoms with van der Waals surface area (Å²) in [6.07, 6.45) is 3.44. The predicted octanol–water partition coefficient (Wildman–Crippen LogP) is 1.63. The second kappa shape index (κ2) is 6.49. The third kappa shape index (κ3) is 4.45. The van der Waals surface area contributed by atoms with E-state index in [9.17, 15) is 14.4 Å². The van der Waals surface area contributed by atoms with E-state index in [1.165, 1.54) is 0 Å². The molecule has 6 nitrogen and oxygen atoms in total.